The highest BCUT2D eigenvalue weighted by Crippen LogP contribution is 2.35. The minimum atomic E-state index is -0.0289. The quantitative estimate of drug-likeness (QED) is 0.809. The van der Waals surface area contributed by atoms with Crippen LogP contribution in [-0.4, -0.2) is 57.4 Å². The van der Waals surface area contributed by atoms with Gasteiger partial charge in [0.15, 0.2) is 0 Å². The van der Waals surface area contributed by atoms with Gasteiger partial charge in [0.1, 0.15) is 12.1 Å². The van der Waals surface area contributed by atoms with Crippen LogP contribution in [0.15, 0.2) is 29.3 Å². The first-order valence-electron chi connectivity index (χ1n) is 9.53. The largest absolute Gasteiger partial charge is 0.354 e. The summed E-state index contributed by atoms with van der Waals surface area (Å²) in [7, 11) is 0. The third-order valence-corrected chi connectivity index (χ3v) is 5.52. The lowest BCUT2D eigenvalue weighted by molar-refractivity contribution is 0.242. The van der Waals surface area contributed by atoms with E-state index in [-0.39, 0.29) is 5.56 Å². The van der Waals surface area contributed by atoms with Crippen molar-refractivity contribution in [3.8, 4) is 0 Å². The van der Waals surface area contributed by atoms with Crippen molar-refractivity contribution >= 4 is 5.82 Å². The van der Waals surface area contributed by atoms with Gasteiger partial charge in [0, 0.05) is 56.5 Å². The molecule has 1 saturated carbocycles. The zero-order valence-electron chi connectivity index (χ0n) is 15.3. The number of aromatic nitrogens is 4. The van der Waals surface area contributed by atoms with Crippen LogP contribution in [0.25, 0.3) is 0 Å². The summed E-state index contributed by atoms with van der Waals surface area (Å²) in [6, 6.07) is 5.53. The van der Waals surface area contributed by atoms with Crippen LogP contribution in [0.4, 0.5) is 5.82 Å². The zero-order valence-corrected chi connectivity index (χ0v) is 15.3. The van der Waals surface area contributed by atoms with Crippen molar-refractivity contribution in [2.75, 3.05) is 37.6 Å². The van der Waals surface area contributed by atoms with Gasteiger partial charge >= 0.3 is 0 Å². The molecule has 26 heavy (non-hydrogen) atoms. The fourth-order valence-electron chi connectivity index (χ4n) is 3.61. The van der Waals surface area contributed by atoms with Gasteiger partial charge in [-0.25, -0.2) is 14.6 Å². The molecule has 2 fully saturated rings. The molecule has 0 radical (unpaired) electrons. The Morgan fingerprint density at radius 3 is 2.62 bits per heavy atom. The van der Waals surface area contributed by atoms with Gasteiger partial charge in [0.05, 0.1) is 12.2 Å². The molecule has 1 aliphatic carbocycles. The maximum atomic E-state index is 11.9. The van der Waals surface area contributed by atoms with Crippen LogP contribution in [0.2, 0.25) is 0 Å². The van der Waals surface area contributed by atoms with Gasteiger partial charge in [-0.2, -0.15) is 5.10 Å². The Labute approximate surface area is 153 Å². The van der Waals surface area contributed by atoms with Crippen molar-refractivity contribution in [2.24, 2.45) is 0 Å². The van der Waals surface area contributed by atoms with Crippen LogP contribution in [0.3, 0.4) is 0 Å². The zero-order chi connectivity index (χ0) is 17.9. The summed E-state index contributed by atoms with van der Waals surface area (Å²) < 4.78 is 1.57. The third kappa shape index (κ3) is 3.77. The first-order chi connectivity index (χ1) is 12.7. The Bertz CT molecular complexity index is 808. The second-order valence-corrected chi connectivity index (χ2v) is 7.29. The molecule has 0 amide bonds. The maximum Gasteiger partial charge on any atom is 0.266 e. The highest BCUT2D eigenvalue weighted by atomic mass is 16.1. The Kier molecular flexibility index (Phi) is 4.97. The molecule has 0 aromatic carbocycles. The van der Waals surface area contributed by atoms with Crippen LogP contribution < -0.4 is 10.5 Å². The summed E-state index contributed by atoms with van der Waals surface area (Å²) in [6.07, 6.45) is 5.56. The van der Waals surface area contributed by atoms with Crippen molar-refractivity contribution in [3.05, 3.63) is 46.3 Å². The van der Waals surface area contributed by atoms with Crippen molar-refractivity contribution in [3.63, 3.8) is 0 Å². The first kappa shape index (κ1) is 17.1. The van der Waals surface area contributed by atoms with E-state index < -0.39 is 0 Å². The lowest BCUT2D eigenvalue weighted by Crippen LogP contribution is -2.48. The van der Waals surface area contributed by atoms with Gasteiger partial charge in [-0.3, -0.25) is 9.69 Å². The summed E-state index contributed by atoms with van der Waals surface area (Å²) >= 11 is 0. The summed E-state index contributed by atoms with van der Waals surface area (Å²) in [4.78, 5) is 25.5. The van der Waals surface area contributed by atoms with Crippen LogP contribution in [-0.2, 0) is 6.54 Å². The lowest BCUT2D eigenvalue weighted by Gasteiger charge is -2.35. The molecule has 0 bridgehead atoms. The number of rotatable bonds is 5. The number of hydrogen-bond donors (Lipinski definition) is 0. The van der Waals surface area contributed by atoms with Crippen molar-refractivity contribution < 1.29 is 0 Å². The molecular weight excluding hydrogens is 328 g/mol. The molecule has 1 aliphatic heterocycles. The molecule has 0 unspecified atom stereocenters. The van der Waals surface area contributed by atoms with Gasteiger partial charge in [-0.1, -0.05) is 6.42 Å². The number of hydrogen-bond acceptors (Lipinski definition) is 6. The van der Waals surface area contributed by atoms with E-state index in [4.69, 9.17) is 0 Å². The average Bonchev–Trinajstić information content (AvgIpc) is 2.62. The van der Waals surface area contributed by atoms with E-state index in [0.29, 0.717) is 12.5 Å². The molecule has 2 aliphatic rings. The van der Waals surface area contributed by atoms with E-state index in [1.807, 2.05) is 6.92 Å². The highest BCUT2D eigenvalue weighted by molar-refractivity contribution is 5.40. The van der Waals surface area contributed by atoms with E-state index in [9.17, 15) is 4.79 Å². The summed E-state index contributed by atoms with van der Waals surface area (Å²) in [6.45, 7) is 7.26. The van der Waals surface area contributed by atoms with Crippen molar-refractivity contribution in [1.29, 1.82) is 0 Å². The Morgan fingerprint density at radius 1 is 1.08 bits per heavy atom. The molecule has 7 nitrogen and oxygen atoms in total. The van der Waals surface area contributed by atoms with Crippen molar-refractivity contribution in [2.45, 2.75) is 38.6 Å². The average molecular weight is 354 g/mol. The molecule has 0 N–H and O–H groups in total. The van der Waals surface area contributed by atoms with E-state index >= 15 is 0 Å². The number of piperazine rings is 1. The smallest absolute Gasteiger partial charge is 0.266 e. The standard InChI is InChI=1S/C19H26N6O/c1-15-5-6-19(26)25(22-15)12-9-23-7-10-24(11-8-23)18-13-17(20-14-21-18)16-3-2-4-16/h5-6,13-14,16H,2-4,7-12H2,1H3. The van der Waals surface area contributed by atoms with E-state index in [2.05, 4.69) is 30.9 Å². The predicted molar refractivity (Wildman–Crippen MR) is 101 cm³/mol. The van der Waals surface area contributed by atoms with Gasteiger partial charge in [0.2, 0.25) is 0 Å². The SMILES string of the molecule is Cc1ccc(=O)n(CCN2CCN(c3cc(C4CCC4)ncn3)CC2)n1. The van der Waals surface area contributed by atoms with Gasteiger partial charge in [-0.15, -0.1) is 0 Å². The minimum Gasteiger partial charge on any atom is -0.354 e. The monoisotopic (exact) mass is 354 g/mol. The topological polar surface area (TPSA) is 67.2 Å². The summed E-state index contributed by atoms with van der Waals surface area (Å²) in [5.41, 5.74) is 2.05. The lowest BCUT2D eigenvalue weighted by atomic mass is 9.83. The normalized spacial score (nSPS) is 18.7. The second-order valence-electron chi connectivity index (χ2n) is 7.29. The number of nitrogens with zero attached hydrogens (tertiary/aromatic N) is 6. The van der Waals surface area contributed by atoms with E-state index in [1.54, 1.807) is 23.1 Å². The van der Waals surface area contributed by atoms with Gasteiger partial charge in [0.25, 0.3) is 5.56 Å². The number of aryl methyl sites for hydroxylation is 1. The molecule has 0 atom stereocenters. The second kappa shape index (κ2) is 7.53. The molecule has 3 heterocycles. The fraction of sp³-hybridized carbons (Fsp3) is 0.579. The molecule has 1 saturated heterocycles. The molecule has 2 aromatic heterocycles. The highest BCUT2D eigenvalue weighted by Gasteiger charge is 2.23. The number of anilines is 1. The van der Waals surface area contributed by atoms with Gasteiger partial charge < -0.3 is 4.90 Å². The van der Waals surface area contributed by atoms with E-state index in [0.717, 1.165) is 44.2 Å². The fourth-order valence-corrected chi connectivity index (χ4v) is 3.61. The predicted octanol–water partition coefficient (Wildman–Crippen LogP) is 1.43. The third-order valence-electron chi connectivity index (χ3n) is 5.52. The van der Waals surface area contributed by atoms with E-state index in [1.165, 1.54) is 25.0 Å². The molecule has 4 rings (SSSR count). The van der Waals surface area contributed by atoms with Crippen LogP contribution in [0, 0.1) is 6.92 Å². The van der Waals surface area contributed by atoms with Crippen molar-refractivity contribution in [1.82, 2.24) is 24.6 Å². The molecule has 0 spiro atoms. The molecule has 7 heteroatoms. The Hall–Kier alpha value is -2.28. The minimum absolute atomic E-state index is 0.0289. The first-order valence-corrected chi connectivity index (χ1v) is 9.53. The Morgan fingerprint density at radius 2 is 1.88 bits per heavy atom. The van der Waals surface area contributed by atoms with Crippen LogP contribution >= 0.6 is 0 Å². The molecule has 138 valence electrons. The maximum absolute atomic E-state index is 11.9. The molecule has 2 aromatic rings. The molecular formula is C19H26N6O. The van der Waals surface area contributed by atoms with Gasteiger partial charge in [-0.05, 0) is 25.8 Å². The van der Waals surface area contributed by atoms with Crippen LogP contribution in [0.5, 0.6) is 0 Å². The summed E-state index contributed by atoms with van der Waals surface area (Å²) in [5.74, 6) is 1.69. The summed E-state index contributed by atoms with van der Waals surface area (Å²) in [5, 5.41) is 4.31. The Balaban J connectivity index is 1.31. The van der Waals surface area contributed by atoms with Crippen LogP contribution in [0.1, 0.15) is 36.6 Å².